The number of H-pyrrole nitrogens is 1. The zero-order chi connectivity index (χ0) is 8.10. The first kappa shape index (κ1) is 11.0. The van der Waals surface area contributed by atoms with Crippen LogP contribution in [0.25, 0.3) is 0 Å². The van der Waals surface area contributed by atoms with Crippen molar-refractivity contribution in [3.8, 4) is 0 Å². The Morgan fingerprint density at radius 3 is 2.92 bits per heavy atom. The molecule has 1 aromatic rings. The smallest absolute Gasteiger partial charge is 0.197 e. The average molecular weight is 190 g/mol. The lowest BCUT2D eigenvalue weighted by atomic mass is 10.2. The van der Waals surface area contributed by atoms with E-state index in [4.69, 9.17) is 5.73 Å². The molecule has 5 heteroatoms. The third kappa shape index (κ3) is 3.39. The van der Waals surface area contributed by atoms with Crippen molar-refractivity contribution in [2.24, 2.45) is 0 Å². The predicted molar refractivity (Wildman–Crippen MR) is 49.3 cm³/mol. The number of aryl methyl sites for hydroxylation is 1. The number of halogens is 1. The number of aromatic amines is 1. The summed E-state index contributed by atoms with van der Waals surface area (Å²) in [5.41, 5.74) is 6.34. The minimum absolute atomic E-state index is 0. The van der Waals surface area contributed by atoms with Gasteiger partial charge in [-0.05, 0) is 12.8 Å². The topological polar surface area (TPSA) is 71.8 Å². The summed E-state index contributed by atoms with van der Waals surface area (Å²) in [6.07, 6.45) is 4.90. The van der Waals surface area contributed by atoms with Crippen LogP contribution in [0.5, 0.6) is 0 Å². The Kier molecular flexibility index (Phi) is 5.12. The van der Waals surface area contributed by atoms with E-state index in [0.717, 1.165) is 24.8 Å². The van der Waals surface area contributed by atoms with Gasteiger partial charge in [-0.1, -0.05) is 0 Å². The maximum absolute atomic E-state index is 9.95. The highest BCUT2D eigenvalue weighted by molar-refractivity contribution is 5.85. The number of unbranched alkanes of at least 4 members (excludes halogenated alkanes) is 1. The minimum Gasteiger partial charge on any atom is -0.369 e. The first-order chi connectivity index (χ1) is 5.33. The molecule has 1 rings (SSSR count). The molecule has 12 heavy (non-hydrogen) atoms. The van der Waals surface area contributed by atoms with E-state index in [1.165, 1.54) is 0 Å². The summed E-state index contributed by atoms with van der Waals surface area (Å²) < 4.78 is 0. The normalized spacial score (nSPS) is 9.00. The summed E-state index contributed by atoms with van der Waals surface area (Å²) in [6, 6.07) is 0. The number of aromatic nitrogens is 2. The second-order valence-electron chi connectivity index (χ2n) is 2.35. The van der Waals surface area contributed by atoms with Crippen molar-refractivity contribution in [2.45, 2.75) is 19.3 Å². The standard InChI is InChI=1S/C7H11N3O.ClH/c8-7-9-5-6(10-7)3-1-2-4-11;/h4-5H,1-3H2,(H3,8,9,10);1H. The summed E-state index contributed by atoms with van der Waals surface area (Å²) in [6.45, 7) is 0. The maximum atomic E-state index is 9.95. The molecule has 0 saturated heterocycles. The molecular formula is C7H12ClN3O. The highest BCUT2D eigenvalue weighted by atomic mass is 35.5. The molecule has 68 valence electrons. The van der Waals surface area contributed by atoms with Gasteiger partial charge in [0.05, 0.1) is 6.20 Å². The summed E-state index contributed by atoms with van der Waals surface area (Å²) in [7, 11) is 0. The number of hydrogen-bond donors (Lipinski definition) is 2. The van der Waals surface area contributed by atoms with Crippen molar-refractivity contribution in [1.29, 1.82) is 0 Å². The van der Waals surface area contributed by atoms with Gasteiger partial charge in [-0.2, -0.15) is 0 Å². The Hall–Kier alpha value is -1.03. The van der Waals surface area contributed by atoms with Crippen LogP contribution in [0.2, 0.25) is 0 Å². The van der Waals surface area contributed by atoms with E-state index in [9.17, 15) is 4.79 Å². The molecule has 0 radical (unpaired) electrons. The van der Waals surface area contributed by atoms with Crippen molar-refractivity contribution in [3.05, 3.63) is 11.9 Å². The molecule has 3 N–H and O–H groups in total. The Morgan fingerprint density at radius 2 is 2.42 bits per heavy atom. The van der Waals surface area contributed by atoms with Gasteiger partial charge in [-0.15, -0.1) is 12.4 Å². The summed E-state index contributed by atoms with van der Waals surface area (Å²) in [5, 5.41) is 0. The number of anilines is 1. The highest BCUT2D eigenvalue weighted by Gasteiger charge is 1.95. The third-order valence-electron chi connectivity index (χ3n) is 1.42. The van der Waals surface area contributed by atoms with Crippen molar-refractivity contribution in [2.75, 3.05) is 5.73 Å². The van der Waals surface area contributed by atoms with Crippen LogP contribution in [0, 0.1) is 0 Å². The van der Waals surface area contributed by atoms with Crippen LogP contribution in [-0.2, 0) is 11.2 Å². The molecule has 0 fully saturated rings. The zero-order valence-corrected chi connectivity index (χ0v) is 7.43. The molecular weight excluding hydrogens is 178 g/mol. The van der Waals surface area contributed by atoms with E-state index in [1.54, 1.807) is 6.20 Å². The van der Waals surface area contributed by atoms with Gasteiger partial charge in [-0.25, -0.2) is 4.98 Å². The Bertz CT molecular complexity index is 236. The molecule has 1 aromatic heterocycles. The summed E-state index contributed by atoms with van der Waals surface area (Å²) >= 11 is 0. The number of carbonyl (C=O) groups is 1. The molecule has 0 aromatic carbocycles. The van der Waals surface area contributed by atoms with Crippen molar-refractivity contribution in [3.63, 3.8) is 0 Å². The van der Waals surface area contributed by atoms with Crippen LogP contribution >= 0.6 is 12.4 Å². The SMILES string of the molecule is Cl.Nc1ncc(CCCC=O)[nH]1. The molecule has 0 amide bonds. The summed E-state index contributed by atoms with van der Waals surface area (Å²) in [4.78, 5) is 16.7. The van der Waals surface area contributed by atoms with E-state index in [1.807, 2.05) is 0 Å². The fourth-order valence-corrected chi connectivity index (χ4v) is 0.879. The molecule has 0 saturated carbocycles. The second-order valence-corrected chi connectivity index (χ2v) is 2.35. The molecule has 0 atom stereocenters. The lowest BCUT2D eigenvalue weighted by Crippen LogP contribution is -1.88. The fraction of sp³-hybridized carbons (Fsp3) is 0.429. The van der Waals surface area contributed by atoms with Gasteiger partial charge in [0.1, 0.15) is 6.29 Å². The Balaban J connectivity index is 0.00000121. The zero-order valence-electron chi connectivity index (χ0n) is 6.62. The Labute approximate surface area is 77.0 Å². The molecule has 0 spiro atoms. The van der Waals surface area contributed by atoms with Gasteiger partial charge in [-0.3, -0.25) is 0 Å². The summed E-state index contributed by atoms with van der Waals surface area (Å²) in [5.74, 6) is 0.436. The van der Waals surface area contributed by atoms with Gasteiger partial charge >= 0.3 is 0 Å². The van der Waals surface area contributed by atoms with Gasteiger partial charge in [0.25, 0.3) is 0 Å². The van der Waals surface area contributed by atoms with Crippen molar-refractivity contribution in [1.82, 2.24) is 9.97 Å². The molecule has 0 aliphatic rings. The second kappa shape index (κ2) is 5.60. The van der Waals surface area contributed by atoms with Crippen LogP contribution < -0.4 is 5.73 Å². The number of aldehydes is 1. The lowest BCUT2D eigenvalue weighted by Gasteiger charge is -1.90. The molecule has 0 bridgehead atoms. The van der Waals surface area contributed by atoms with Crippen LogP contribution in [0.1, 0.15) is 18.5 Å². The largest absolute Gasteiger partial charge is 0.369 e. The van der Waals surface area contributed by atoms with E-state index in [2.05, 4.69) is 9.97 Å². The van der Waals surface area contributed by atoms with Gasteiger partial charge in [0, 0.05) is 12.1 Å². The monoisotopic (exact) mass is 189 g/mol. The van der Waals surface area contributed by atoms with E-state index in [-0.39, 0.29) is 12.4 Å². The number of rotatable bonds is 4. The number of nitrogens with zero attached hydrogens (tertiary/aromatic N) is 1. The third-order valence-corrected chi connectivity index (χ3v) is 1.42. The van der Waals surface area contributed by atoms with Gasteiger partial charge in [0.15, 0.2) is 5.95 Å². The quantitative estimate of drug-likeness (QED) is 0.547. The number of nitrogens with two attached hydrogens (primary N) is 1. The first-order valence-electron chi connectivity index (χ1n) is 3.56. The van der Waals surface area contributed by atoms with Crippen LogP contribution in [0.3, 0.4) is 0 Å². The first-order valence-corrected chi connectivity index (χ1v) is 3.56. The molecule has 0 aliphatic heterocycles. The van der Waals surface area contributed by atoms with Crippen LogP contribution in [0.15, 0.2) is 6.20 Å². The number of hydrogen-bond acceptors (Lipinski definition) is 3. The Morgan fingerprint density at radius 1 is 1.67 bits per heavy atom. The van der Waals surface area contributed by atoms with E-state index < -0.39 is 0 Å². The van der Waals surface area contributed by atoms with E-state index in [0.29, 0.717) is 12.4 Å². The van der Waals surface area contributed by atoms with Gasteiger partial charge < -0.3 is 15.5 Å². The number of nitrogen functional groups attached to an aromatic ring is 1. The van der Waals surface area contributed by atoms with Crippen molar-refractivity contribution >= 4 is 24.6 Å². The maximum Gasteiger partial charge on any atom is 0.197 e. The molecule has 4 nitrogen and oxygen atoms in total. The van der Waals surface area contributed by atoms with Crippen LogP contribution in [0.4, 0.5) is 5.95 Å². The molecule has 0 unspecified atom stereocenters. The van der Waals surface area contributed by atoms with E-state index >= 15 is 0 Å². The lowest BCUT2D eigenvalue weighted by molar-refractivity contribution is -0.107. The number of imidazole rings is 1. The van der Waals surface area contributed by atoms with Crippen molar-refractivity contribution < 1.29 is 4.79 Å². The molecule has 0 aliphatic carbocycles. The van der Waals surface area contributed by atoms with Crippen LogP contribution in [-0.4, -0.2) is 16.3 Å². The predicted octanol–water partition coefficient (Wildman–Crippen LogP) is 0.935. The number of nitrogens with one attached hydrogen (secondary N) is 1. The molecule has 1 heterocycles. The van der Waals surface area contributed by atoms with Gasteiger partial charge in [0.2, 0.25) is 0 Å². The highest BCUT2D eigenvalue weighted by Crippen LogP contribution is 2.02. The minimum atomic E-state index is 0. The average Bonchev–Trinajstić information content (AvgIpc) is 2.37. The number of carbonyl (C=O) groups excluding carboxylic acids is 1. The fourth-order valence-electron chi connectivity index (χ4n) is 0.879.